The highest BCUT2D eigenvalue weighted by atomic mass is 16.2. The summed E-state index contributed by atoms with van der Waals surface area (Å²) in [5.74, 6) is -1.23. The Hall–Kier alpha value is -2.58. The monoisotopic (exact) mass is 382 g/mol. The minimum atomic E-state index is -0.925. The van der Waals surface area contributed by atoms with E-state index in [0.717, 1.165) is 30.0 Å². The third-order valence-electron chi connectivity index (χ3n) is 6.70. The maximum atomic E-state index is 12.9. The predicted octanol–water partition coefficient (Wildman–Crippen LogP) is -0.0706. The Morgan fingerprint density at radius 2 is 1.93 bits per heavy atom. The van der Waals surface area contributed by atoms with Crippen LogP contribution in [0, 0.1) is 5.92 Å². The number of piperidine rings is 1. The molecule has 3 atom stereocenters. The van der Waals surface area contributed by atoms with Crippen LogP contribution in [0.15, 0.2) is 18.2 Å². The summed E-state index contributed by atoms with van der Waals surface area (Å²) in [5.41, 5.74) is 1.75. The fourth-order valence-corrected chi connectivity index (χ4v) is 4.90. The summed E-state index contributed by atoms with van der Waals surface area (Å²) in [6, 6.07) is 4.35. The zero-order valence-electron chi connectivity index (χ0n) is 15.4. The molecule has 3 heterocycles. The van der Waals surface area contributed by atoms with Crippen LogP contribution in [0.4, 0.5) is 0 Å². The van der Waals surface area contributed by atoms with Crippen molar-refractivity contribution in [3.63, 3.8) is 0 Å². The number of nitrogens with one attached hydrogen (secondary N) is 3. The van der Waals surface area contributed by atoms with Crippen molar-refractivity contribution in [2.75, 3.05) is 13.1 Å². The molecule has 3 N–H and O–H groups in total. The van der Waals surface area contributed by atoms with Gasteiger partial charge in [0.25, 0.3) is 11.8 Å². The van der Waals surface area contributed by atoms with E-state index in [1.54, 1.807) is 12.1 Å². The van der Waals surface area contributed by atoms with Crippen LogP contribution in [-0.2, 0) is 16.1 Å². The highest BCUT2D eigenvalue weighted by molar-refractivity contribution is 6.23. The first-order valence-electron chi connectivity index (χ1n) is 9.79. The number of nitrogens with zero attached hydrogens (tertiary/aromatic N) is 1. The molecule has 0 spiro atoms. The number of amides is 4. The van der Waals surface area contributed by atoms with Gasteiger partial charge in [0, 0.05) is 25.0 Å². The smallest absolute Gasteiger partial charge is 0.262 e. The lowest BCUT2D eigenvalue weighted by molar-refractivity contribution is -0.136. The van der Waals surface area contributed by atoms with Crippen molar-refractivity contribution in [2.45, 2.75) is 43.8 Å². The van der Waals surface area contributed by atoms with Crippen LogP contribution in [0.2, 0.25) is 0 Å². The lowest BCUT2D eigenvalue weighted by atomic mass is 9.69. The van der Waals surface area contributed by atoms with Crippen LogP contribution in [0.1, 0.15) is 52.0 Å². The normalized spacial score (nSPS) is 31.5. The second kappa shape index (κ2) is 6.22. The minimum Gasteiger partial charge on any atom is -0.315 e. The maximum absolute atomic E-state index is 12.9. The summed E-state index contributed by atoms with van der Waals surface area (Å²) in [4.78, 5) is 50.1. The molecule has 0 aromatic heterocycles. The summed E-state index contributed by atoms with van der Waals surface area (Å²) in [5, 5.41) is 9.29. The Balaban J connectivity index is 1.34. The summed E-state index contributed by atoms with van der Waals surface area (Å²) < 4.78 is 0. The van der Waals surface area contributed by atoms with Gasteiger partial charge in [0.15, 0.2) is 0 Å². The molecular weight excluding hydrogens is 360 g/mol. The largest absolute Gasteiger partial charge is 0.315 e. The summed E-state index contributed by atoms with van der Waals surface area (Å²) in [7, 11) is 0. The molecule has 1 aliphatic carbocycles. The van der Waals surface area contributed by atoms with E-state index < -0.39 is 23.8 Å². The van der Waals surface area contributed by atoms with Crippen molar-refractivity contribution in [3.05, 3.63) is 34.9 Å². The summed E-state index contributed by atoms with van der Waals surface area (Å²) in [6.07, 6.45) is 2.67. The van der Waals surface area contributed by atoms with Crippen molar-refractivity contribution in [2.24, 2.45) is 5.92 Å². The second-order valence-corrected chi connectivity index (χ2v) is 8.20. The summed E-state index contributed by atoms with van der Waals surface area (Å²) >= 11 is 0. The highest BCUT2D eigenvalue weighted by Gasteiger charge is 2.49. The molecule has 4 amide bonds. The average molecular weight is 382 g/mol. The van der Waals surface area contributed by atoms with Gasteiger partial charge in [-0.15, -0.1) is 0 Å². The van der Waals surface area contributed by atoms with Crippen molar-refractivity contribution >= 4 is 23.6 Å². The topological polar surface area (TPSA) is 108 Å². The zero-order valence-corrected chi connectivity index (χ0v) is 15.4. The van der Waals surface area contributed by atoms with Gasteiger partial charge in [0.05, 0.1) is 11.1 Å². The number of fused-ring (bicyclic) bond motifs is 2. The van der Waals surface area contributed by atoms with E-state index in [1.165, 1.54) is 6.42 Å². The molecule has 1 saturated carbocycles. The lowest BCUT2D eigenvalue weighted by Crippen LogP contribution is -2.57. The van der Waals surface area contributed by atoms with Crippen molar-refractivity contribution in [1.29, 1.82) is 0 Å². The van der Waals surface area contributed by atoms with Gasteiger partial charge in [0.1, 0.15) is 6.04 Å². The van der Waals surface area contributed by atoms with Gasteiger partial charge >= 0.3 is 0 Å². The van der Waals surface area contributed by atoms with Gasteiger partial charge in [-0.3, -0.25) is 29.4 Å². The molecule has 0 bridgehead atoms. The maximum Gasteiger partial charge on any atom is 0.262 e. The van der Waals surface area contributed by atoms with Crippen molar-refractivity contribution in [1.82, 2.24) is 20.9 Å². The molecule has 5 rings (SSSR count). The number of carbonyl (C=O) groups is 4. The van der Waals surface area contributed by atoms with Crippen LogP contribution in [0.3, 0.4) is 0 Å². The molecule has 3 unspecified atom stereocenters. The molecule has 1 aromatic rings. The van der Waals surface area contributed by atoms with E-state index in [1.807, 2.05) is 6.07 Å². The van der Waals surface area contributed by atoms with E-state index in [2.05, 4.69) is 16.0 Å². The Bertz CT molecular complexity index is 913. The first kappa shape index (κ1) is 17.5. The van der Waals surface area contributed by atoms with E-state index in [-0.39, 0.29) is 24.3 Å². The fraction of sp³-hybridized carbons (Fsp3) is 0.500. The molecule has 3 fully saturated rings. The Labute approximate surface area is 162 Å². The molecule has 8 nitrogen and oxygen atoms in total. The number of benzene rings is 1. The first-order valence-corrected chi connectivity index (χ1v) is 9.79. The van der Waals surface area contributed by atoms with Crippen LogP contribution in [0.5, 0.6) is 0 Å². The summed E-state index contributed by atoms with van der Waals surface area (Å²) in [6.45, 7) is 2.64. The molecule has 1 aromatic carbocycles. The van der Waals surface area contributed by atoms with Crippen molar-refractivity contribution in [3.8, 4) is 0 Å². The Kier molecular flexibility index (Phi) is 3.89. The van der Waals surface area contributed by atoms with Crippen LogP contribution >= 0.6 is 0 Å². The third kappa shape index (κ3) is 2.51. The fourth-order valence-electron chi connectivity index (χ4n) is 4.90. The Morgan fingerprint density at radius 3 is 2.64 bits per heavy atom. The molecule has 146 valence electrons. The van der Waals surface area contributed by atoms with E-state index >= 15 is 0 Å². The Morgan fingerprint density at radius 1 is 1.11 bits per heavy atom. The van der Waals surface area contributed by atoms with Crippen LogP contribution in [-0.4, -0.2) is 53.2 Å². The molecule has 8 heteroatoms. The number of hydrogen-bond donors (Lipinski definition) is 3. The second-order valence-electron chi connectivity index (χ2n) is 8.20. The average Bonchev–Trinajstić information content (AvgIpc) is 3.08. The molecule has 2 saturated heterocycles. The van der Waals surface area contributed by atoms with Gasteiger partial charge in [-0.2, -0.15) is 0 Å². The van der Waals surface area contributed by atoms with E-state index in [0.29, 0.717) is 23.6 Å². The van der Waals surface area contributed by atoms with E-state index in [4.69, 9.17) is 0 Å². The van der Waals surface area contributed by atoms with Gasteiger partial charge in [-0.25, -0.2) is 0 Å². The van der Waals surface area contributed by atoms with Crippen LogP contribution in [0.25, 0.3) is 0 Å². The van der Waals surface area contributed by atoms with Gasteiger partial charge in [-0.1, -0.05) is 6.07 Å². The number of hydrogen-bond acceptors (Lipinski definition) is 6. The number of imide groups is 2. The highest BCUT2D eigenvalue weighted by Crippen LogP contribution is 2.41. The number of rotatable bonds is 4. The number of carbonyl (C=O) groups excluding carboxylic acids is 4. The zero-order chi connectivity index (χ0) is 19.5. The minimum absolute atomic E-state index is 0.121. The molecule has 4 aliphatic rings. The SMILES string of the molecule is O=C1CCC(N2C(=O)c3ccc(CNC45CCC4CNC5)cc3C2=O)C(=O)N1. The standard InChI is InChI=1S/C20H22N4O4/c25-16-4-3-15(17(26)23-16)24-18(27)13-2-1-11(7-14(13)19(24)28)8-22-20-6-5-12(20)9-21-10-20/h1-2,7,12,15,21-22H,3-6,8-10H2,(H,23,25,26). The van der Waals surface area contributed by atoms with Crippen LogP contribution < -0.4 is 16.0 Å². The van der Waals surface area contributed by atoms with E-state index in [9.17, 15) is 19.2 Å². The quantitative estimate of drug-likeness (QED) is 0.630. The molecule has 3 aliphatic heterocycles. The predicted molar refractivity (Wildman–Crippen MR) is 98.3 cm³/mol. The van der Waals surface area contributed by atoms with Crippen molar-refractivity contribution < 1.29 is 19.2 Å². The first-order chi connectivity index (χ1) is 13.5. The molecule has 28 heavy (non-hydrogen) atoms. The van der Waals surface area contributed by atoms with Gasteiger partial charge in [-0.05, 0) is 49.4 Å². The third-order valence-corrected chi connectivity index (χ3v) is 6.70. The molecular formula is C20H22N4O4. The molecule has 0 radical (unpaired) electrons. The van der Waals surface area contributed by atoms with Gasteiger partial charge in [0.2, 0.25) is 11.8 Å². The van der Waals surface area contributed by atoms with Gasteiger partial charge < -0.3 is 10.6 Å². The lowest BCUT2D eigenvalue weighted by Gasteiger charge is -2.45.